The number of hydrogen-bond donors (Lipinski definition) is 3. The van der Waals surface area contributed by atoms with Gasteiger partial charge in [0.25, 0.3) is 5.91 Å². The number of aromatic nitrogens is 1. The number of fused-ring (bicyclic) bond motifs is 1. The largest absolute Gasteiger partial charge is 0.496 e. The molecule has 1 spiro atoms. The summed E-state index contributed by atoms with van der Waals surface area (Å²) in [5, 5.41) is 6.36. The van der Waals surface area contributed by atoms with Crippen LogP contribution in [0.3, 0.4) is 0 Å². The molecule has 1 aliphatic carbocycles. The van der Waals surface area contributed by atoms with Crippen molar-refractivity contribution in [3.05, 3.63) is 30.0 Å². The maximum Gasteiger partial charge on any atom is 0.328 e. The molecule has 3 N–H and O–H groups in total. The lowest BCUT2D eigenvalue weighted by Crippen LogP contribution is -2.57. The number of benzene rings is 1. The SMILES string of the molecule is COC(=O)C(CC1CCNC1=O)NC(=O)C1CC2(CCN1C(=O)c1cc3c(OC)cccc3[nH]1)CC2. The fraction of sp³-hybridized carbons (Fsp3) is 0.538. The van der Waals surface area contributed by atoms with E-state index in [2.05, 4.69) is 15.6 Å². The molecular formula is C26H32N4O6. The van der Waals surface area contributed by atoms with Crippen LogP contribution in [0.15, 0.2) is 24.3 Å². The van der Waals surface area contributed by atoms with Crippen molar-refractivity contribution >= 4 is 34.6 Å². The van der Waals surface area contributed by atoms with E-state index >= 15 is 0 Å². The molecule has 0 radical (unpaired) electrons. The number of likely N-dealkylation sites (tertiary alicyclic amines) is 1. The summed E-state index contributed by atoms with van der Waals surface area (Å²) in [6, 6.07) is 5.62. The van der Waals surface area contributed by atoms with E-state index in [1.54, 1.807) is 18.1 Å². The molecule has 3 unspecified atom stereocenters. The highest BCUT2D eigenvalue weighted by Gasteiger charge is 2.51. The van der Waals surface area contributed by atoms with Gasteiger partial charge in [-0.05, 0) is 62.1 Å². The van der Waals surface area contributed by atoms with E-state index in [0.29, 0.717) is 37.4 Å². The Balaban J connectivity index is 1.38. The third kappa shape index (κ3) is 4.52. The Morgan fingerprint density at radius 1 is 1.22 bits per heavy atom. The Morgan fingerprint density at radius 2 is 2.03 bits per heavy atom. The Hall–Kier alpha value is -3.56. The van der Waals surface area contributed by atoms with Crippen molar-refractivity contribution in [1.82, 2.24) is 20.5 Å². The molecule has 36 heavy (non-hydrogen) atoms. The normalized spacial score (nSPS) is 23.3. The van der Waals surface area contributed by atoms with E-state index in [-0.39, 0.29) is 29.6 Å². The van der Waals surface area contributed by atoms with E-state index in [9.17, 15) is 19.2 Å². The zero-order valence-electron chi connectivity index (χ0n) is 20.6. The summed E-state index contributed by atoms with van der Waals surface area (Å²) in [5.41, 5.74) is 1.23. The first kappa shape index (κ1) is 24.1. The lowest BCUT2D eigenvalue weighted by molar-refractivity contribution is -0.146. The summed E-state index contributed by atoms with van der Waals surface area (Å²) < 4.78 is 10.3. The van der Waals surface area contributed by atoms with Gasteiger partial charge in [-0.25, -0.2) is 4.79 Å². The Bertz CT molecular complexity index is 1200. The van der Waals surface area contributed by atoms with Crippen LogP contribution in [0.2, 0.25) is 0 Å². The molecule has 5 rings (SSSR count). The Kier molecular flexibility index (Phi) is 6.36. The van der Waals surface area contributed by atoms with Gasteiger partial charge in [0, 0.05) is 29.9 Å². The van der Waals surface area contributed by atoms with Crippen molar-refractivity contribution in [2.24, 2.45) is 11.3 Å². The standard InChI is InChI=1S/C26H32N4O6/c1-35-21-5-3-4-17-16(21)13-18(28-17)24(33)30-11-9-26(7-8-26)14-20(30)23(32)29-19(25(34)36-2)12-15-6-10-27-22(15)31/h3-5,13,15,19-20,28H,6-12,14H2,1-2H3,(H,27,31)(H,29,32). The zero-order chi connectivity index (χ0) is 25.4. The molecule has 3 aliphatic rings. The van der Waals surface area contributed by atoms with Crippen molar-refractivity contribution in [1.29, 1.82) is 0 Å². The molecule has 1 aromatic heterocycles. The monoisotopic (exact) mass is 496 g/mol. The van der Waals surface area contributed by atoms with Crippen LogP contribution in [0.1, 0.15) is 49.0 Å². The van der Waals surface area contributed by atoms with Gasteiger partial charge in [0.15, 0.2) is 0 Å². The maximum atomic E-state index is 13.6. The molecule has 1 saturated carbocycles. The quantitative estimate of drug-likeness (QED) is 0.501. The van der Waals surface area contributed by atoms with Crippen molar-refractivity contribution in [3.8, 4) is 5.75 Å². The minimum atomic E-state index is -0.956. The van der Waals surface area contributed by atoms with Gasteiger partial charge in [-0.3, -0.25) is 14.4 Å². The molecule has 2 aromatic rings. The Morgan fingerprint density at radius 3 is 2.69 bits per heavy atom. The molecule has 1 aromatic carbocycles. The minimum Gasteiger partial charge on any atom is -0.496 e. The number of aromatic amines is 1. The summed E-state index contributed by atoms with van der Waals surface area (Å²) in [4.78, 5) is 56.6. The van der Waals surface area contributed by atoms with Crippen LogP contribution in [0.4, 0.5) is 0 Å². The minimum absolute atomic E-state index is 0.0779. The summed E-state index contributed by atoms with van der Waals surface area (Å²) in [6.45, 7) is 1.01. The lowest BCUT2D eigenvalue weighted by atomic mass is 9.87. The van der Waals surface area contributed by atoms with Gasteiger partial charge in [-0.1, -0.05) is 6.07 Å². The first-order chi connectivity index (χ1) is 17.3. The molecule has 3 amide bonds. The molecule has 2 saturated heterocycles. The fourth-order valence-corrected chi connectivity index (χ4v) is 5.60. The average molecular weight is 497 g/mol. The summed E-state index contributed by atoms with van der Waals surface area (Å²) in [7, 11) is 2.84. The number of hydrogen-bond acceptors (Lipinski definition) is 6. The number of rotatable bonds is 7. The number of nitrogens with zero attached hydrogens (tertiary/aromatic N) is 1. The average Bonchev–Trinajstić information content (AvgIpc) is 3.28. The van der Waals surface area contributed by atoms with Crippen molar-refractivity contribution in [2.45, 2.75) is 50.6 Å². The van der Waals surface area contributed by atoms with E-state index < -0.39 is 24.0 Å². The van der Waals surface area contributed by atoms with Crippen LogP contribution >= 0.6 is 0 Å². The zero-order valence-corrected chi connectivity index (χ0v) is 20.6. The highest BCUT2D eigenvalue weighted by atomic mass is 16.5. The van der Waals surface area contributed by atoms with Gasteiger partial charge in [0.1, 0.15) is 23.5 Å². The summed E-state index contributed by atoms with van der Waals surface area (Å²) >= 11 is 0. The number of ether oxygens (including phenoxy) is 2. The second-order valence-corrected chi connectivity index (χ2v) is 10.2. The van der Waals surface area contributed by atoms with Gasteiger partial charge in [-0.2, -0.15) is 0 Å². The molecule has 192 valence electrons. The number of carbonyl (C=O) groups excluding carboxylic acids is 4. The number of piperidine rings is 1. The summed E-state index contributed by atoms with van der Waals surface area (Å²) in [6.07, 6.45) is 4.22. The number of methoxy groups -OCH3 is 2. The molecule has 10 nitrogen and oxygen atoms in total. The van der Waals surface area contributed by atoms with E-state index in [0.717, 1.165) is 30.2 Å². The third-order valence-corrected chi connectivity index (χ3v) is 7.97. The van der Waals surface area contributed by atoms with E-state index in [4.69, 9.17) is 9.47 Å². The van der Waals surface area contributed by atoms with Crippen LogP contribution in [0.25, 0.3) is 10.9 Å². The molecule has 2 aliphatic heterocycles. The van der Waals surface area contributed by atoms with Crippen molar-refractivity contribution in [2.75, 3.05) is 27.3 Å². The van der Waals surface area contributed by atoms with Gasteiger partial charge in [-0.15, -0.1) is 0 Å². The highest BCUT2D eigenvalue weighted by molar-refractivity contribution is 6.02. The van der Waals surface area contributed by atoms with Gasteiger partial charge < -0.3 is 30.0 Å². The van der Waals surface area contributed by atoms with Gasteiger partial charge >= 0.3 is 5.97 Å². The fourth-order valence-electron chi connectivity index (χ4n) is 5.60. The van der Waals surface area contributed by atoms with Gasteiger partial charge in [0.2, 0.25) is 11.8 Å². The van der Waals surface area contributed by atoms with Crippen LogP contribution in [-0.4, -0.2) is 73.0 Å². The molecule has 3 atom stereocenters. The smallest absolute Gasteiger partial charge is 0.328 e. The number of carbonyl (C=O) groups is 4. The maximum absolute atomic E-state index is 13.6. The van der Waals surface area contributed by atoms with Crippen molar-refractivity contribution < 1.29 is 28.7 Å². The number of amides is 3. The molecule has 10 heteroatoms. The molecular weight excluding hydrogens is 464 g/mol. The topological polar surface area (TPSA) is 130 Å². The van der Waals surface area contributed by atoms with Gasteiger partial charge in [0.05, 0.1) is 14.2 Å². The first-order valence-corrected chi connectivity index (χ1v) is 12.5. The lowest BCUT2D eigenvalue weighted by Gasteiger charge is -2.39. The van der Waals surface area contributed by atoms with E-state index in [1.807, 2.05) is 18.2 Å². The summed E-state index contributed by atoms with van der Waals surface area (Å²) in [5.74, 6) is -1.09. The first-order valence-electron chi connectivity index (χ1n) is 12.5. The van der Waals surface area contributed by atoms with Crippen LogP contribution in [-0.2, 0) is 19.1 Å². The second-order valence-electron chi connectivity index (χ2n) is 10.2. The van der Waals surface area contributed by atoms with Crippen LogP contribution in [0.5, 0.6) is 5.75 Å². The molecule has 0 bridgehead atoms. The van der Waals surface area contributed by atoms with Crippen molar-refractivity contribution in [3.63, 3.8) is 0 Å². The highest BCUT2D eigenvalue weighted by Crippen LogP contribution is 2.55. The number of esters is 1. The second kappa shape index (κ2) is 9.48. The third-order valence-electron chi connectivity index (χ3n) is 7.97. The Labute approximate surface area is 209 Å². The predicted molar refractivity (Wildman–Crippen MR) is 130 cm³/mol. The number of H-pyrrole nitrogens is 1. The van der Waals surface area contributed by atoms with E-state index in [1.165, 1.54) is 7.11 Å². The van der Waals surface area contributed by atoms with Crippen LogP contribution < -0.4 is 15.4 Å². The van der Waals surface area contributed by atoms with Crippen LogP contribution in [0, 0.1) is 11.3 Å². The molecule has 3 heterocycles. The molecule has 3 fully saturated rings. The predicted octanol–water partition coefficient (Wildman–Crippen LogP) is 1.75. The number of nitrogens with one attached hydrogen (secondary N) is 3.